The molecule has 60 heavy (non-hydrogen) atoms. The summed E-state index contributed by atoms with van der Waals surface area (Å²) in [5.74, 6) is 1.28. The van der Waals surface area contributed by atoms with E-state index in [0.717, 1.165) is 0 Å². The Hall–Kier alpha value is -7.61. The summed E-state index contributed by atoms with van der Waals surface area (Å²) < 4.78 is 55.3. The Bertz CT molecular complexity index is 2680. The van der Waals surface area contributed by atoms with Crippen LogP contribution < -0.4 is 33.3 Å². The Morgan fingerprint density at radius 1 is 0.417 bits per heavy atom. The number of hydrogen-bond donors (Lipinski definition) is 0. The van der Waals surface area contributed by atoms with E-state index in [1.807, 2.05) is 30.3 Å². The number of allylic oxidation sites excluding steroid dienone is 2. The Kier molecular flexibility index (Phi) is 12.4. The van der Waals surface area contributed by atoms with Crippen molar-refractivity contribution in [1.29, 1.82) is 0 Å². The zero-order chi connectivity index (χ0) is 42.1. The van der Waals surface area contributed by atoms with Gasteiger partial charge < -0.3 is 28.0 Å². The molecule has 0 amide bonds. The fourth-order valence-electron chi connectivity index (χ4n) is 5.81. The standard InChI is InChI=1S/C50H39O9P/c1-34(2)46(51)36-25-29-41(30-26-36)57-50-48(55-39-19-11-6-12-20-39)44(54-38-17-9-5-10-18-38)33-45(49(50)56-40-21-13-7-14-22-40)60(53,58-42-23-15-8-16-24-42)59-43-31-27-37(28-32-43)47(52)35(3)4/h5-33H,1,3H2,2,4H3. The van der Waals surface area contributed by atoms with Crippen LogP contribution in [-0.2, 0) is 4.57 Å². The third-order valence-electron chi connectivity index (χ3n) is 8.75. The molecule has 0 bridgehead atoms. The van der Waals surface area contributed by atoms with Gasteiger partial charge in [0.2, 0.25) is 11.5 Å². The van der Waals surface area contributed by atoms with Crippen molar-refractivity contribution in [2.75, 3.05) is 0 Å². The van der Waals surface area contributed by atoms with Crippen molar-refractivity contribution in [3.63, 3.8) is 0 Å². The molecule has 0 saturated heterocycles. The van der Waals surface area contributed by atoms with E-state index in [0.29, 0.717) is 39.5 Å². The van der Waals surface area contributed by atoms with Crippen molar-refractivity contribution in [2.45, 2.75) is 13.8 Å². The van der Waals surface area contributed by atoms with E-state index in [2.05, 4.69) is 13.2 Å². The van der Waals surface area contributed by atoms with Gasteiger partial charge in [0.05, 0.1) is 0 Å². The summed E-state index contributed by atoms with van der Waals surface area (Å²) in [6.07, 6.45) is 0. The highest BCUT2D eigenvalue weighted by molar-refractivity contribution is 7.63. The minimum Gasteiger partial charge on any atom is -0.453 e. The summed E-state index contributed by atoms with van der Waals surface area (Å²) in [6.45, 7) is 10.8. The van der Waals surface area contributed by atoms with Crippen LogP contribution in [0.4, 0.5) is 0 Å². The molecule has 0 N–H and O–H groups in total. The Labute approximate surface area is 348 Å². The number of Topliss-reactive ketones (excluding diaryl/α,β-unsaturated/α-hetero) is 2. The number of carbonyl (C=O) groups excluding carboxylic acids is 2. The van der Waals surface area contributed by atoms with Crippen LogP contribution in [0.1, 0.15) is 34.6 Å². The maximum absolute atomic E-state index is 16.0. The largest absolute Gasteiger partial charge is 0.466 e. The molecular weight excluding hydrogens is 776 g/mol. The van der Waals surface area contributed by atoms with E-state index >= 15 is 4.57 Å². The lowest BCUT2D eigenvalue weighted by molar-refractivity contribution is 0.102. The van der Waals surface area contributed by atoms with Crippen LogP contribution in [0.15, 0.2) is 200 Å². The lowest BCUT2D eigenvalue weighted by atomic mass is 10.1. The van der Waals surface area contributed by atoms with Crippen LogP contribution in [0, 0.1) is 0 Å². The molecule has 0 radical (unpaired) electrons. The first-order valence-corrected chi connectivity index (χ1v) is 20.3. The van der Waals surface area contributed by atoms with Crippen molar-refractivity contribution in [2.24, 2.45) is 0 Å². The fraction of sp³-hybridized carbons (Fsp3) is 0.0400. The van der Waals surface area contributed by atoms with Gasteiger partial charge in [-0.25, -0.2) is 4.57 Å². The lowest BCUT2D eigenvalue weighted by Crippen LogP contribution is -2.19. The van der Waals surface area contributed by atoms with E-state index in [-0.39, 0.29) is 57.1 Å². The predicted molar refractivity (Wildman–Crippen MR) is 232 cm³/mol. The van der Waals surface area contributed by atoms with Crippen molar-refractivity contribution < 1.29 is 42.1 Å². The van der Waals surface area contributed by atoms with Gasteiger partial charge in [0.25, 0.3) is 0 Å². The van der Waals surface area contributed by atoms with Crippen LogP contribution in [-0.4, -0.2) is 11.6 Å². The lowest BCUT2D eigenvalue weighted by Gasteiger charge is -2.26. The number of hydrogen-bond acceptors (Lipinski definition) is 9. The molecule has 0 aliphatic heterocycles. The molecule has 0 aromatic heterocycles. The SMILES string of the molecule is C=C(C)C(=O)c1ccc(Oc2c(Oc3ccccc3)c(Oc3ccccc3)cc(P(=O)(Oc3ccccc3)Oc3ccc(C(=O)C(=C)C)cc3)c2Oc2ccccc2)cc1. The Morgan fingerprint density at radius 3 is 1.18 bits per heavy atom. The number of ether oxygens (including phenoxy) is 4. The van der Waals surface area contributed by atoms with Gasteiger partial charge in [-0.1, -0.05) is 86.0 Å². The Balaban J connectivity index is 1.51. The normalized spacial score (nSPS) is 11.6. The molecule has 298 valence electrons. The molecule has 1 atom stereocenters. The maximum Gasteiger partial charge on any atom is 0.466 e. The Morgan fingerprint density at radius 2 is 0.750 bits per heavy atom. The van der Waals surface area contributed by atoms with Gasteiger partial charge in [-0.2, -0.15) is 0 Å². The van der Waals surface area contributed by atoms with E-state index in [9.17, 15) is 9.59 Å². The second-order valence-electron chi connectivity index (χ2n) is 13.5. The highest BCUT2D eigenvalue weighted by Crippen LogP contribution is 2.57. The molecule has 0 aliphatic carbocycles. The average molecular weight is 815 g/mol. The molecule has 0 fully saturated rings. The third kappa shape index (κ3) is 9.73. The van der Waals surface area contributed by atoms with Gasteiger partial charge in [0, 0.05) is 17.2 Å². The van der Waals surface area contributed by atoms with Crippen LogP contribution in [0.5, 0.6) is 57.5 Å². The highest BCUT2D eigenvalue weighted by Gasteiger charge is 2.41. The van der Waals surface area contributed by atoms with Crippen LogP contribution in [0.3, 0.4) is 0 Å². The van der Waals surface area contributed by atoms with Crippen molar-refractivity contribution in [1.82, 2.24) is 0 Å². The molecule has 1 unspecified atom stereocenters. The van der Waals surface area contributed by atoms with Crippen molar-refractivity contribution in [3.8, 4) is 57.5 Å². The van der Waals surface area contributed by atoms with E-state index in [1.165, 1.54) is 18.2 Å². The summed E-state index contributed by atoms with van der Waals surface area (Å²) in [4.78, 5) is 25.6. The van der Waals surface area contributed by atoms with E-state index in [4.69, 9.17) is 28.0 Å². The summed E-state index contributed by atoms with van der Waals surface area (Å²) in [7, 11) is -4.64. The van der Waals surface area contributed by atoms with Crippen LogP contribution in [0.25, 0.3) is 0 Å². The second-order valence-corrected chi connectivity index (χ2v) is 15.3. The molecule has 7 aromatic carbocycles. The van der Waals surface area contributed by atoms with Gasteiger partial charge >= 0.3 is 7.60 Å². The maximum atomic E-state index is 16.0. The van der Waals surface area contributed by atoms with E-state index < -0.39 is 7.60 Å². The summed E-state index contributed by atoms with van der Waals surface area (Å²) in [5, 5.41) is -0.104. The number of carbonyl (C=O) groups is 2. The second kappa shape index (κ2) is 18.3. The van der Waals surface area contributed by atoms with Gasteiger partial charge in [0.1, 0.15) is 39.8 Å². The molecule has 0 spiro atoms. The van der Waals surface area contributed by atoms with Gasteiger partial charge in [-0.3, -0.25) is 9.59 Å². The van der Waals surface area contributed by atoms with Gasteiger partial charge in [-0.15, -0.1) is 0 Å². The monoisotopic (exact) mass is 814 g/mol. The highest BCUT2D eigenvalue weighted by atomic mass is 31.2. The predicted octanol–water partition coefficient (Wildman–Crippen LogP) is 13.3. The minimum absolute atomic E-state index is 0.0516. The van der Waals surface area contributed by atoms with Crippen LogP contribution >= 0.6 is 7.60 Å². The van der Waals surface area contributed by atoms with Gasteiger partial charge in [-0.05, 0) is 122 Å². The zero-order valence-corrected chi connectivity index (χ0v) is 33.7. The average Bonchev–Trinajstić information content (AvgIpc) is 3.26. The first kappa shape index (κ1) is 40.6. The van der Waals surface area contributed by atoms with Crippen molar-refractivity contribution >= 4 is 24.5 Å². The molecule has 9 nitrogen and oxygen atoms in total. The first-order valence-electron chi connectivity index (χ1n) is 18.8. The van der Waals surface area contributed by atoms with Gasteiger partial charge in [0.15, 0.2) is 23.1 Å². The number of para-hydroxylation sites is 4. The fourth-order valence-corrected chi connectivity index (χ4v) is 7.51. The topological polar surface area (TPSA) is 107 Å². The molecule has 0 aliphatic rings. The third-order valence-corrected chi connectivity index (χ3v) is 10.6. The zero-order valence-electron chi connectivity index (χ0n) is 32.8. The molecule has 7 aromatic rings. The molecule has 10 heteroatoms. The molecule has 7 rings (SSSR count). The number of benzene rings is 7. The molecule has 0 heterocycles. The minimum atomic E-state index is -4.64. The summed E-state index contributed by atoms with van der Waals surface area (Å²) in [5.41, 5.74) is 1.51. The smallest absolute Gasteiger partial charge is 0.453 e. The first-order chi connectivity index (χ1) is 29.1. The van der Waals surface area contributed by atoms with Crippen molar-refractivity contribution in [3.05, 3.63) is 211 Å². The number of rotatable bonds is 17. The molecular formula is C50H39O9P. The number of ketones is 2. The summed E-state index contributed by atoms with van der Waals surface area (Å²) in [6, 6.07) is 49.4. The summed E-state index contributed by atoms with van der Waals surface area (Å²) >= 11 is 0. The van der Waals surface area contributed by atoms with E-state index in [1.54, 1.807) is 141 Å². The molecule has 0 saturated carbocycles. The van der Waals surface area contributed by atoms with Crippen LogP contribution in [0.2, 0.25) is 0 Å². The quantitative estimate of drug-likeness (QED) is 0.0504.